The van der Waals surface area contributed by atoms with Gasteiger partial charge in [-0.15, -0.1) is 0 Å². The van der Waals surface area contributed by atoms with E-state index in [4.69, 9.17) is 4.42 Å². The summed E-state index contributed by atoms with van der Waals surface area (Å²) in [4.78, 5) is 16.7. The Balaban J connectivity index is 1.30. The van der Waals surface area contributed by atoms with Crippen molar-refractivity contribution in [1.29, 1.82) is 0 Å². The lowest BCUT2D eigenvalue weighted by molar-refractivity contribution is -0.137. The normalized spacial score (nSPS) is 16.7. The van der Waals surface area contributed by atoms with Crippen LogP contribution in [0.25, 0.3) is 22.2 Å². The first kappa shape index (κ1) is 25.9. The maximum absolute atomic E-state index is 14.4. The second kappa shape index (κ2) is 9.84. The highest BCUT2D eigenvalue weighted by Gasteiger charge is 2.41. The molecule has 1 aliphatic rings. The Hall–Kier alpha value is -3.77. The van der Waals surface area contributed by atoms with Crippen molar-refractivity contribution in [1.82, 2.24) is 14.6 Å². The van der Waals surface area contributed by atoms with Gasteiger partial charge in [0.05, 0.1) is 11.3 Å². The second-order valence-electron chi connectivity index (χ2n) is 8.84. The molecule has 0 saturated carbocycles. The lowest BCUT2D eigenvalue weighted by atomic mass is 10.1. The number of pyridine rings is 1. The summed E-state index contributed by atoms with van der Waals surface area (Å²) < 4.78 is 86.0. The third kappa shape index (κ3) is 5.01. The van der Waals surface area contributed by atoms with Gasteiger partial charge in [-0.05, 0) is 48.7 Å². The summed E-state index contributed by atoms with van der Waals surface area (Å²) in [5, 5.41) is 3.06. The van der Waals surface area contributed by atoms with Crippen LogP contribution in [0.15, 0.2) is 76.4 Å². The van der Waals surface area contributed by atoms with Crippen LogP contribution >= 0.6 is 0 Å². The predicted molar refractivity (Wildman–Crippen MR) is 130 cm³/mol. The molecule has 12 heteroatoms. The highest BCUT2D eigenvalue weighted by Crippen LogP contribution is 2.32. The number of benzene rings is 2. The topological polar surface area (TPSA) is 92.5 Å². The molecule has 4 aromatic rings. The molecule has 3 heterocycles. The van der Waals surface area contributed by atoms with Crippen LogP contribution in [0.5, 0.6) is 0 Å². The summed E-state index contributed by atoms with van der Waals surface area (Å²) in [5.41, 5.74) is -0.103. The van der Waals surface area contributed by atoms with Gasteiger partial charge < -0.3 is 9.73 Å². The van der Waals surface area contributed by atoms with Crippen molar-refractivity contribution in [3.8, 4) is 11.3 Å². The fourth-order valence-corrected chi connectivity index (χ4v) is 6.00. The minimum absolute atomic E-state index is 0.00238. The number of alkyl halides is 3. The molecule has 1 saturated heterocycles. The molecule has 0 radical (unpaired) electrons. The summed E-state index contributed by atoms with van der Waals surface area (Å²) in [7, 11) is -4.07. The number of furan rings is 1. The number of carbonyl (C=O) groups is 1. The molecule has 0 aliphatic carbocycles. The van der Waals surface area contributed by atoms with Crippen LogP contribution in [-0.2, 0) is 27.5 Å². The fourth-order valence-electron chi connectivity index (χ4n) is 4.40. The van der Waals surface area contributed by atoms with E-state index in [2.05, 4.69) is 10.3 Å². The van der Waals surface area contributed by atoms with E-state index >= 15 is 0 Å². The Morgan fingerprint density at radius 1 is 1.11 bits per heavy atom. The van der Waals surface area contributed by atoms with Gasteiger partial charge in [0.15, 0.2) is 0 Å². The van der Waals surface area contributed by atoms with Crippen molar-refractivity contribution in [3.05, 3.63) is 83.8 Å². The molecule has 198 valence electrons. The van der Waals surface area contributed by atoms with Gasteiger partial charge in [-0.1, -0.05) is 24.3 Å². The third-order valence-electron chi connectivity index (χ3n) is 6.34. The van der Waals surface area contributed by atoms with E-state index in [0.717, 1.165) is 22.5 Å². The zero-order valence-corrected chi connectivity index (χ0v) is 20.5. The van der Waals surface area contributed by atoms with Crippen molar-refractivity contribution in [3.63, 3.8) is 0 Å². The number of amides is 1. The van der Waals surface area contributed by atoms with Crippen molar-refractivity contribution < 1.29 is 35.2 Å². The van der Waals surface area contributed by atoms with Crippen molar-refractivity contribution >= 4 is 26.9 Å². The molecule has 0 bridgehead atoms. The number of sulfonamides is 1. The zero-order valence-electron chi connectivity index (χ0n) is 19.7. The highest BCUT2D eigenvalue weighted by atomic mass is 32.2. The molecule has 1 fully saturated rings. The van der Waals surface area contributed by atoms with E-state index in [9.17, 15) is 30.8 Å². The molecule has 1 atom stereocenters. The SMILES string of the molecule is O=C(NCc1ccc(F)c(-c2ccc(C(F)(F)F)cn2)c1)[C@@H]1CCCN1S(=O)(=O)c1cc2ccccc2o1. The van der Waals surface area contributed by atoms with E-state index in [1.54, 1.807) is 24.3 Å². The quantitative estimate of drug-likeness (QED) is 0.338. The molecule has 38 heavy (non-hydrogen) atoms. The summed E-state index contributed by atoms with van der Waals surface area (Å²) >= 11 is 0. The van der Waals surface area contributed by atoms with Crippen molar-refractivity contribution in [2.75, 3.05) is 6.54 Å². The van der Waals surface area contributed by atoms with Gasteiger partial charge in [-0.2, -0.15) is 17.5 Å². The fraction of sp³-hybridized carbons (Fsp3) is 0.231. The Morgan fingerprint density at radius 2 is 1.89 bits per heavy atom. The largest absolute Gasteiger partial charge is 0.443 e. The van der Waals surface area contributed by atoms with E-state index in [1.807, 2.05) is 0 Å². The lowest BCUT2D eigenvalue weighted by Crippen LogP contribution is -2.45. The van der Waals surface area contributed by atoms with E-state index in [1.165, 1.54) is 18.2 Å². The molecule has 1 aliphatic heterocycles. The Bertz CT molecular complexity index is 1570. The number of hydrogen-bond acceptors (Lipinski definition) is 5. The molecule has 7 nitrogen and oxygen atoms in total. The number of nitrogens with zero attached hydrogens (tertiary/aromatic N) is 2. The number of para-hydroxylation sites is 1. The summed E-state index contributed by atoms with van der Waals surface area (Å²) in [5.74, 6) is -1.22. The molecule has 0 unspecified atom stereocenters. The highest BCUT2D eigenvalue weighted by molar-refractivity contribution is 7.89. The summed E-state index contributed by atoms with van der Waals surface area (Å²) in [6.07, 6.45) is -3.14. The molecule has 0 spiro atoms. The van der Waals surface area contributed by atoms with Gasteiger partial charge in [-0.25, -0.2) is 12.8 Å². The monoisotopic (exact) mass is 547 g/mol. The molecule has 2 aromatic heterocycles. The average molecular weight is 548 g/mol. The Morgan fingerprint density at radius 3 is 2.61 bits per heavy atom. The van der Waals surface area contributed by atoms with Crippen LogP contribution in [0.2, 0.25) is 0 Å². The van der Waals surface area contributed by atoms with Crippen LogP contribution in [0.3, 0.4) is 0 Å². The maximum Gasteiger partial charge on any atom is 0.417 e. The second-order valence-corrected chi connectivity index (χ2v) is 10.7. The standard InChI is InChI=1S/C26H21F4N3O4S/c27-20-9-7-16(12-19(20)21-10-8-18(15-31-21)26(28,29)30)14-32-25(34)22-5-3-11-33(22)38(35,36)24-13-17-4-1-2-6-23(17)37-24/h1-2,4,6-10,12-13,15,22H,3,5,11,14H2,(H,32,34)/t22-/m0/s1. The third-order valence-corrected chi connectivity index (χ3v) is 8.10. The number of fused-ring (bicyclic) bond motifs is 1. The summed E-state index contributed by atoms with van der Waals surface area (Å²) in [6, 6.07) is 13.1. The van der Waals surface area contributed by atoms with E-state index in [-0.39, 0.29) is 29.4 Å². The average Bonchev–Trinajstić information content (AvgIpc) is 3.56. The van der Waals surface area contributed by atoms with Gasteiger partial charge in [0.1, 0.15) is 17.4 Å². The van der Waals surface area contributed by atoms with E-state index in [0.29, 0.717) is 35.6 Å². The van der Waals surface area contributed by atoms with Crippen LogP contribution in [-0.4, -0.2) is 36.2 Å². The van der Waals surface area contributed by atoms with Gasteiger partial charge >= 0.3 is 6.18 Å². The number of nitrogens with one attached hydrogen (secondary N) is 1. The van der Waals surface area contributed by atoms with E-state index < -0.39 is 39.5 Å². The first-order valence-electron chi connectivity index (χ1n) is 11.6. The molecular weight excluding hydrogens is 526 g/mol. The van der Waals surface area contributed by atoms with Crippen LogP contribution in [0.4, 0.5) is 17.6 Å². The van der Waals surface area contributed by atoms with Crippen LogP contribution < -0.4 is 5.32 Å². The Kier molecular flexibility index (Phi) is 6.70. The molecule has 5 rings (SSSR count). The minimum Gasteiger partial charge on any atom is -0.443 e. The smallest absolute Gasteiger partial charge is 0.417 e. The summed E-state index contributed by atoms with van der Waals surface area (Å²) in [6.45, 7) is 0.0968. The van der Waals surface area contributed by atoms with Crippen LogP contribution in [0, 0.1) is 5.82 Å². The van der Waals surface area contributed by atoms with Crippen molar-refractivity contribution in [2.45, 2.75) is 36.7 Å². The predicted octanol–water partition coefficient (Wildman–Crippen LogP) is 5.12. The lowest BCUT2D eigenvalue weighted by Gasteiger charge is -2.22. The Labute approximate surface area is 215 Å². The van der Waals surface area contributed by atoms with Gasteiger partial charge in [0.25, 0.3) is 10.0 Å². The van der Waals surface area contributed by atoms with Gasteiger partial charge in [0, 0.05) is 36.3 Å². The van der Waals surface area contributed by atoms with Crippen molar-refractivity contribution in [2.24, 2.45) is 0 Å². The number of carbonyl (C=O) groups excluding carboxylic acids is 1. The zero-order chi connectivity index (χ0) is 27.1. The molecular formula is C26H21F4N3O4S. The van der Waals surface area contributed by atoms with Crippen LogP contribution in [0.1, 0.15) is 24.0 Å². The number of hydrogen-bond donors (Lipinski definition) is 1. The number of aromatic nitrogens is 1. The number of rotatable bonds is 6. The minimum atomic E-state index is -4.57. The molecule has 2 aromatic carbocycles. The maximum atomic E-state index is 14.4. The first-order valence-corrected chi connectivity index (χ1v) is 13.1. The first-order chi connectivity index (χ1) is 18.0. The number of halogens is 4. The molecule has 1 N–H and O–H groups in total. The van der Waals surface area contributed by atoms with Gasteiger partial charge in [-0.3, -0.25) is 9.78 Å². The van der Waals surface area contributed by atoms with Gasteiger partial charge in [0.2, 0.25) is 11.0 Å². The molecule has 1 amide bonds.